The quantitative estimate of drug-likeness (QED) is 0.769. The largest absolute Gasteiger partial charge is 0.314 e. The average Bonchev–Trinajstić information content (AvgIpc) is 2.29. The highest BCUT2D eigenvalue weighted by molar-refractivity contribution is 5.23. The molecule has 0 aliphatic heterocycles. The van der Waals surface area contributed by atoms with Crippen LogP contribution in [0.15, 0.2) is 18.3 Å². The van der Waals surface area contributed by atoms with Crippen LogP contribution in [0.1, 0.15) is 31.0 Å². The zero-order chi connectivity index (χ0) is 10.7. The fraction of sp³-hybridized carbons (Fsp3) is 0.583. The molecule has 1 unspecified atom stereocenters. The van der Waals surface area contributed by atoms with Crippen molar-refractivity contribution in [2.45, 2.75) is 38.6 Å². The first-order chi connectivity index (χ1) is 7.31. The Morgan fingerprint density at radius 3 is 3.27 bits per heavy atom. The lowest BCUT2D eigenvalue weighted by molar-refractivity contribution is -0.129. The summed E-state index contributed by atoms with van der Waals surface area (Å²) in [4.78, 5) is 4.37. The Kier molecular flexibility index (Phi) is 3.34. The van der Waals surface area contributed by atoms with Gasteiger partial charge in [-0.3, -0.25) is 4.98 Å². The van der Waals surface area contributed by atoms with Crippen LogP contribution in [0, 0.1) is 0 Å². The van der Waals surface area contributed by atoms with Crippen molar-refractivity contribution in [1.29, 1.82) is 0 Å². The molecular formula is C12H18N2O. The van der Waals surface area contributed by atoms with Gasteiger partial charge in [-0.1, -0.05) is 13.0 Å². The van der Waals surface area contributed by atoms with E-state index in [4.69, 9.17) is 0 Å². The van der Waals surface area contributed by atoms with Crippen LogP contribution in [0.3, 0.4) is 0 Å². The topological polar surface area (TPSA) is 36.4 Å². The molecule has 0 radical (unpaired) electrons. The summed E-state index contributed by atoms with van der Waals surface area (Å²) < 4.78 is 0. The van der Waals surface area contributed by atoms with Crippen LogP contribution in [-0.2, 0) is 12.8 Å². The van der Waals surface area contributed by atoms with Gasteiger partial charge in [0.15, 0.2) is 0 Å². The van der Waals surface area contributed by atoms with E-state index < -0.39 is 0 Å². The molecule has 1 N–H and O–H groups in total. The molecule has 0 amide bonds. The molecule has 1 aromatic heterocycles. The molecule has 1 aliphatic rings. The van der Waals surface area contributed by atoms with Crippen molar-refractivity contribution < 1.29 is 5.21 Å². The first-order valence-electron chi connectivity index (χ1n) is 5.69. The van der Waals surface area contributed by atoms with Crippen LogP contribution in [0.2, 0.25) is 0 Å². The SMILES string of the molecule is CCCN(O)C1CCc2cccnc2C1. The van der Waals surface area contributed by atoms with Gasteiger partial charge < -0.3 is 5.21 Å². The van der Waals surface area contributed by atoms with E-state index in [1.54, 1.807) is 0 Å². The second-order valence-corrected chi connectivity index (χ2v) is 4.17. The monoisotopic (exact) mass is 206 g/mol. The molecule has 3 heteroatoms. The van der Waals surface area contributed by atoms with E-state index in [0.717, 1.165) is 37.9 Å². The minimum atomic E-state index is 0.257. The molecule has 15 heavy (non-hydrogen) atoms. The summed E-state index contributed by atoms with van der Waals surface area (Å²) in [6.07, 6.45) is 5.78. The van der Waals surface area contributed by atoms with Gasteiger partial charge in [0.25, 0.3) is 0 Å². The number of rotatable bonds is 3. The molecule has 3 nitrogen and oxygen atoms in total. The molecule has 1 aromatic rings. The van der Waals surface area contributed by atoms with E-state index in [1.807, 2.05) is 12.3 Å². The summed E-state index contributed by atoms with van der Waals surface area (Å²) in [5, 5.41) is 11.3. The van der Waals surface area contributed by atoms with Crippen molar-refractivity contribution in [3.05, 3.63) is 29.6 Å². The number of hydrogen-bond donors (Lipinski definition) is 1. The Balaban J connectivity index is 2.05. The van der Waals surface area contributed by atoms with Gasteiger partial charge in [-0.2, -0.15) is 5.06 Å². The molecule has 0 saturated carbocycles. The van der Waals surface area contributed by atoms with Gasteiger partial charge in [0.05, 0.1) is 0 Å². The van der Waals surface area contributed by atoms with Crippen LogP contribution in [0.4, 0.5) is 0 Å². The molecule has 0 aromatic carbocycles. The predicted molar refractivity (Wildman–Crippen MR) is 58.8 cm³/mol. The molecule has 1 atom stereocenters. The van der Waals surface area contributed by atoms with Crippen LogP contribution in [-0.4, -0.2) is 27.8 Å². The maximum Gasteiger partial charge on any atom is 0.0452 e. The zero-order valence-electron chi connectivity index (χ0n) is 9.19. The van der Waals surface area contributed by atoms with Crippen LogP contribution < -0.4 is 0 Å². The van der Waals surface area contributed by atoms with Crippen molar-refractivity contribution in [3.63, 3.8) is 0 Å². The Bertz CT molecular complexity index is 327. The predicted octanol–water partition coefficient (Wildman–Crippen LogP) is 2.04. The number of pyridine rings is 1. The first-order valence-corrected chi connectivity index (χ1v) is 5.69. The molecule has 1 heterocycles. The van der Waals surface area contributed by atoms with Gasteiger partial charge in [0.2, 0.25) is 0 Å². The van der Waals surface area contributed by atoms with E-state index in [0.29, 0.717) is 0 Å². The van der Waals surface area contributed by atoms with Gasteiger partial charge in [0.1, 0.15) is 0 Å². The highest BCUT2D eigenvalue weighted by atomic mass is 16.5. The maximum atomic E-state index is 9.81. The van der Waals surface area contributed by atoms with Gasteiger partial charge >= 0.3 is 0 Å². The van der Waals surface area contributed by atoms with Crippen LogP contribution in [0.5, 0.6) is 0 Å². The molecule has 0 spiro atoms. The second-order valence-electron chi connectivity index (χ2n) is 4.17. The third kappa shape index (κ3) is 2.36. The van der Waals surface area contributed by atoms with Gasteiger partial charge in [0, 0.05) is 30.9 Å². The molecule has 82 valence electrons. The van der Waals surface area contributed by atoms with Crippen LogP contribution in [0.25, 0.3) is 0 Å². The molecule has 0 saturated heterocycles. The normalized spacial score (nSPS) is 20.3. The van der Waals surface area contributed by atoms with Crippen molar-refractivity contribution in [2.24, 2.45) is 0 Å². The van der Waals surface area contributed by atoms with Crippen molar-refractivity contribution in [3.8, 4) is 0 Å². The number of fused-ring (bicyclic) bond motifs is 1. The number of aromatic nitrogens is 1. The average molecular weight is 206 g/mol. The van der Waals surface area contributed by atoms with E-state index in [-0.39, 0.29) is 6.04 Å². The molecule has 0 fully saturated rings. The highest BCUT2D eigenvalue weighted by Crippen LogP contribution is 2.21. The molecule has 2 rings (SSSR count). The summed E-state index contributed by atoms with van der Waals surface area (Å²) in [7, 11) is 0. The highest BCUT2D eigenvalue weighted by Gasteiger charge is 2.23. The fourth-order valence-electron chi connectivity index (χ4n) is 2.20. The third-order valence-electron chi connectivity index (χ3n) is 3.03. The number of hydroxylamine groups is 2. The third-order valence-corrected chi connectivity index (χ3v) is 3.03. The smallest absolute Gasteiger partial charge is 0.0452 e. The lowest BCUT2D eigenvalue weighted by Crippen LogP contribution is -2.37. The lowest BCUT2D eigenvalue weighted by Gasteiger charge is -2.29. The number of aryl methyl sites for hydroxylation is 1. The Morgan fingerprint density at radius 1 is 1.60 bits per heavy atom. The van der Waals surface area contributed by atoms with E-state index in [1.165, 1.54) is 10.6 Å². The van der Waals surface area contributed by atoms with Crippen molar-refractivity contribution in [2.75, 3.05) is 6.54 Å². The summed E-state index contributed by atoms with van der Waals surface area (Å²) >= 11 is 0. The number of nitrogens with zero attached hydrogens (tertiary/aromatic N) is 2. The zero-order valence-corrected chi connectivity index (χ0v) is 9.19. The minimum absolute atomic E-state index is 0.257. The Morgan fingerprint density at radius 2 is 2.47 bits per heavy atom. The summed E-state index contributed by atoms with van der Waals surface area (Å²) in [6.45, 7) is 2.84. The molecule has 1 aliphatic carbocycles. The molecule has 0 bridgehead atoms. The molecular weight excluding hydrogens is 188 g/mol. The Labute approximate surface area is 90.7 Å². The Hall–Kier alpha value is -0.930. The fourth-order valence-corrected chi connectivity index (χ4v) is 2.20. The maximum absolute atomic E-state index is 9.81. The second kappa shape index (κ2) is 4.73. The number of hydrogen-bond acceptors (Lipinski definition) is 3. The first kappa shape index (κ1) is 10.6. The van der Waals surface area contributed by atoms with Gasteiger partial charge in [-0.05, 0) is 30.9 Å². The van der Waals surface area contributed by atoms with Gasteiger partial charge in [-0.15, -0.1) is 0 Å². The van der Waals surface area contributed by atoms with Crippen molar-refractivity contribution >= 4 is 0 Å². The van der Waals surface area contributed by atoms with E-state index in [2.05, 4.69) is 18.0 Å². The van der Waals surface area contributed by atoms with E-state index in [9.17, 15) is 5.21 Å². The summed E-state index contributed by atoms with van der Waals surface area (Å²) in [5.74, 6) is 0. The summed E-state index contributed by atoms with van der Waals surface area (Å²) in [6, 6.07) is 4.38. The lowest BCUT2D eigenvalue weighted by atomic mass is 9.92. The summed E-state index contributed by atoms with van der Waals surface area (Å²) in [5.41, 5.74) is 2.50. The van der Waals surface area contributed by atoms with Gasteiger partial charge in [-0.25, -0.2) is 0 Å². The standard InChI is InChI=1S/C12H18N2O/c1-2-8-14(15)11-6-5-10-4-3-7-13-12(10)9-11/h3-4,7,11,15H,2,5-6,8-9H2,1H3. The van der Waals surface area contributed by atoms with Crippen molar-refractivity contribution in [1.82, 2.24) is 10.0 Å². The minimum Gasteiger partial charge on any atom is -0.314 e. The van der Waals surface area contributed by atoms with E-state index >= 15 is 0 Å². The van der Waals surface area contributed by atoms with Crippen LogP contribution >= 0.6 is 0 Å².